The van der Waals surface area contributed by atoms with Gasteiger partial charge in [-0.3, -0.25) is 9.59 Å². The molecule has 1 saturated heterocycles. The van der Waals surface area contributed by atoms with Crippen molar-refractivity contribution >= 4 is 17.8 Å². The summed E-state index contributed by atoms with van der Waals surface area (Å²) < 4.78 is 22.2. The maximum absolute atomic E-state index is 13.1. The van der Waals surface area contributed by atoms with Gasteiger partial charge in [0.25, 0.3) is 0 Å². The van der Waals surface area contributed by atoms with E-state index in [1.165, 1.54) is 6.08 Å². The molecule has 3 rings (SSSR count). The van der Waals surface area contributed by atoms with E-state index < -0.39 is 30.1 Å². The molecule has 0 aliphatic carbocycles. The zero-order valence-corrected chi connectivity index (χ0v) is 21.0. The summed E-state index contributed by atoms with van der Waals surface area (Å²) in [5, 5.41) is 9.52. The number of benzene rings is 1. The third-order valence-corrected chi connectivity index (χ3v) is 6.16. The van der Waals surface area contributed by atoms with Gasteiger partial charge in [-0.2, -0.15) is 0 Å². The van der Waals surface area contributed by atoms with Crippen molar-refractivity contribution < 1.29 is 38.4 Å². The summed E-state index contributed by atoms with van der Waals surface area (Å²) in [6.45, 7) is 6.36. The van der Waals surface area contributed by atoms with Crippen molar-refractivity contribution in [3.63, 3.8) is 0 Å². The minimum Gasteiger partial charge on any atom is -0.482 e. The molecule has 1 N–H and O–H groups in total. The second-order valence-corrected chi connectivity index (χ2v) is 9.23. The number of imide groups is 1. The molecule has 1 fully saturated rings. The van der Waals surface area contributed by atoms with E-state index in [0.717, 1.165) is 10.5 Å². The third kappa shape index (κ3) is 7.25. The smallest absolute Gasteiger partial charge is 0.416 e. The molecule has 36 heavy (non-hydrogen) atoms. The zero-order chi connectivity index (χ0) is 26.1. The first-order valence-electron chi connectivity index (χ1n) is 12.2. The van der Waals surface area contributed by atoms with Crippen LogP contribution in [0.25, 0.3) is 0 Å². The number of allylic oxidation sites excluding steroid dienone is 1. The summed E-state index contributed by atoms with van der Waals surface area (Å²) in [4.78, 5) is 38.8. The molecule has 2 amide bonds. The predicted molar refractivity (Wildman–Crippen MR) is 131 cm³/mol. The fourth-order valence-electron chi connectivity index (χ4n) is 3.94. The summed E-state index contributed by atoms with van der Waals surface area (Å²) in [5.74, 6) is -1.20. The lowest BCUT2D eigenvalue weighted by Gasteiger charge is -2.30. The molecule has 2 heterocycles. The average Bonchev–Trinajstić information content (AvgIpc) is 3.28. The topological polar surface area (TPSA) is 112 Å². The van der Waals surface area contributed by atoms with Gasteiger partial charge in [-0.1, -0.05) is 44.2 Å². The van der Waals surface area contributed by atoms with Gasteiger partial charge in [-0.15, -0.1) is 0 Å². The van der Waals surface area contributed by atoms with Crippen molar-refractivity contribution in [1.82, 2.24) is 4.90 Å². The van der Waals surface area contributed by atoms with Gasteiger partial charge in [0.2, 0.25) is 5.91 Å². The lowest BCUT2D eigenvalue weighted by molar-refractivity contribution is -0.143. The molecular formula is C27H35NO8. The molecule has 0 spiro atoms. The van der Waals surface area contributed by atoms with Crippen LogP contribution in [0.15, 0.2) is 54.3 Å². The Bertz CT molecular complexity index is 958. The monoisotopic (exact) mass is 501 g/mol. The number of amides is 2. The lowest BCUT2D eigenvalue weighted by Crippen LogP contribution is -2.48. The number of nitrogens with zero attached hydrogens (tertiary/aromatic N) is 1. The lowest BCUT2D eigenvalue weighted by atomic mass is 9.95. The van der Waals surface area contributed by atoms with Gasteiger partial charge in [0, 0.05) is 0 Å². The number of ketones is 1. The van der Waals surface area contributed by atoms with Crippen molar-refractivity contribution in [2.24, 2.45) is 11.8 Å². The van der Waals surface area contributed by atoms with Gasteiger partial charge in [0.05, 0.1) is 38.4 Å². The van der Waals surface area contributed by atoms with Crippen LogP contribution in [0.2, 0.25) is 0 Å². The van der Waals surface area contributed by atoms with Crippen molar-refractivity contribution in [1.29, 1.82) is 0 Å². The van der Waals surface area contributed by atoms with Gasteiger partial charge in [0.1, 0.15) is 18.5 Å². The van der Waals surface area contributed by atoms with E-state index in [1.807, 2.05) is 44.2 Å². The third-order valence-electron chi connectivity index (χ3n) is 6.16. The van der Waals surface area contributed by atoms with Crippen LogP contribution in [0.5, 0.6) is 0 Å². The second-order valence-electron chi connectivity index (χ2n) is 9.23. The highest BCUT2D eigenvalue weighted by molar-refractivity contribution is 6.01. The quantitative estimate of drug-likeness (QED) is 0.435. The predicted octanol–water partition coefficient (Wildman–Crippen LogP) is 3.02. The van der Waals surface area contributed by atoms with Gasteiger partial charge in [-0.25, -0.2) is 9.69 Å². The number of aliphatic hydroxyl groups is 1. The van der Waals surface area contributed by atoms with Crippen molar-refractivity contribution in [3.05, 3.63) is 59.9 Å². The van der Waals surface area contributed by atoms with Crippen LogP contribution in [0, 0.1) is 11.8 Å². The van der Waals surface area contributed by atoms with Gasteiger partial charge >= 0.3 is 6.09 Å². The number of ether oxygens (including phenoxy) is 4. The van der Waals surface area contributed by atoms with Crippen molar-refractivity contribution in [2.45, 2.75) is 52.0 Å². The fourth-order valence-corrected chi connectivity index (χ4v) is 3.94. The summed E-state index contributed by atoms with van der Waals surface area (Å²) in [6, 6.07) is 9.31. The minimum atomic E-state index is -1.03. The Kier molecular flexibility index (Phi) is 10.2. The van der Waals surface area contributed by atoms with Crippen molar-refractivity contribution in [2.75, 3.05) is 26.4 Å². The second kappa shape index (κ2) is 13.3. The van der Waals surface area contributed by atoms with Crippen LogP contribution >= 0.6 is 0 Å². The molecule has 0 aromatic heterocycles. The first-order chi connectivity index (χ1) is 17.3. The van der Waals surface area contributed by atoms with E-state index in [1.54, 1.807) is 19.1 Å². The normalized spacial score (nSPS) is 22.6. The number of hydrogen-bond acceptors (Lipinski definition) is 8. The number of carbonyl (C=O) groups is 3. The molecule has 2 aliphatic heterocycles. The van der Waals surface area contributed by atoms with E-state index in [9.17, 15) is 19.5 Å². The molecule has 0 bridgehead atoms. The molecule has 2 aliphatic rings. The maximum Gasteiger partial charge on any atom is 0.416 e. The SMILES string of the molecule is CC(C)[C@@H]1COC(=O)N1C(=O)[C@H](C)[C@H]1OC(=CCCOC[C@@H](CO)OCc2ccccc2)C=CC1=O. The van der Waals surface area contributed by atoms with Crippen LogP contribution < -0.4 is 0 Å². The fraction of sp³-hybridized carbons (Fsp3) is 0.519. The Morgan fingerprint density at radius 2 is 1.94 bits per heavy atom. The molecule has 9 heteroatoms. The summed E-state index contributed by atoms with van der Waals surface area (Å²) in [6.07, 6.45) is 3.04. The zero-order valence-electron chi connectivity index (χ0n) is 21.0. The minimum absolute atomic E-state index is 0.0279. The Hall–Kier alpha value is -3.01. The molecule has 1 aromatic carbocycles. The van der Waals surface area contributed by atoms with Gasteiger partial charge < -0.3 is 24.1 Å². The number of cyclic esters (lactones) is 1. The van der Waals surface area contributed by atoms with Crippen molar-refractivity contribution in [3.8, 4) is 0 Å². The van der Waals surface area contributed by atoms with Crippen LogP contribution in [0.4, 0.5) is 4.79 Å². The molecule has 0 radical (unpaired) electrons. The van der Waals surface area contributed by atoms with Crippen LogP contribution in [-0.4, -0.2) is 72.5 Å². The highest BCUT2D eigenvalue weighted by Gasteiger charge is 2.44. The summed E-state index contributed by atoms with van der Waals surface area (Å²) in [5.41, 5.74) is 1.01. The van der Waals surface area contributed by atoms with E-state index in [-0.39, 0.29) is 37.6 Å². The molecule has 9 nitrogen and oxygen atoms in total. The maximum atomic E-state index is 13.1. The summed E-state index contributed by atoms with van der Waals surface area (Å²) in [7, 11) is 0. The molecular weight excluding hydrogens is 466 g/mol. The average molecular weight is 502 g/mol. The van der Waals surface area contributed by atoms with Gasteiger partial charge in [-0.05, 0) is 43.1 Å². The Balaban J connectivity index is 1.47. The molecule has 196 valence electrons. The first-order valence-corrected chi connectivity index (χ1v) is 12.2. The number of rotatable bonds is 12. The summed E-state index contributed by atoms with van der Waals surface area (Å²) >= 11 is 0. The largest absolute Gasteiger partial charge is 0.482 e. The van der Waals surface area contributed by atoms with Crippen LogP contribution in [0.1, 0.15) is 32.8 Å². The van der Waals surface area contributed by atoms with E-state index in [2.05, 4.69) is 0 Å². The van der Waals surface area contributed by atoms with Gasteiger partial charge in [0.15, 0.2) is 11.9 Å². The number of hydrogen-bond donors (Lipinski definition) is 1. The standard InChI is InChI=1S/C27H35NO8/c1-18(2)23-17-35-27(32)28(23)26(31)19(3)25-24(30)12-11-21(36-25)10-7-13-33-16-22(14-29)34-15-20-8-5-4-6-9-20/h4-6,8-12,18-19,22-23,25,29H,7,13-17H2,1-3H3/t19-,22-,23+,25-/m1/s1. The molecule has 0 unspecified atom stereocenters. The van der Waals surface area contributed by atoms with E-state index in [4.69, 9.17) is 18.9 Å². The highest BCUT2D eigenvalue weighted by Crippen LogP contribution is 2.26. The van der Waals surface area contributed by atoms with Crippen LogP contribution in [0.3, 0.4) is 0 Å². The van der Waals surface area contributed by atoms with E-state index >= 15 is 0 Å². The molecule has 1 aromatic rings. The molecule has 0 saturated carbocycles. The Morgan fingerprint density at radius 1 is 1.19 bits per heavy atom. The highest BCUT2D eigenvalue weighted by atomic mass is 16.6. The number of carbonyl (C=O) groups excluding carboxylic acids is 3. The molecule has 4 atom stereocenters. The van der Waals surface area contributed by atoms with E-state index in [0.29, 0.717) is 25.4 Å². The number of aliphatic hydroxyl groups excluding tert-OH is 1. The Morgan fingerprint density at radius 3 is 2.64 bits per heavy atom. The first kappa shape index (κ1) is 27.6. The van der Waals surface area contributed by atoms with Crippen LogP contribution in [-0.2, 0) is 35.1 Å². The Labute approximate surface area is 211 Å².